The average Bonchev–Trinajstić information content (AvgIpc) is 2.34. The number of alkyl carbamates (subject to hydrolysis) is 1. The van der Waals surface area contributed by atoms with Crippen molar-refractivity contribution in [3.8, 4) is 0 Å². The fraction of sp³-hybridized carbons (Fsp3) is 0.750. The van der Waals surface area contributed by atoms with Gasteiger partial charge in [0.05, 0.1) is 0 Å². The predicted octanol–water partition coefficient (Wildman–Crippen LogP) is 3.49. The van der Waals surface area contributed by atoms with Gasteiger partial charge in [-0.25, -0.2) is 9.59 Å². The van der Waals surface area contributed by atoms with Crippen molar-refractivity contribution in [2.24, 2.45) is 5.92 Å². The zero-order valence-electron chi connectivity index (χ0n) is 13.2. The number of allylic oxidation sites excluding steroid dienone is 1. The molecule has 0 unspecified atom stereocenters. The molecule has 120 valence electrons. The Balaban J connectivity index is 2.20. The van der Waals surface area contributed by atoms with Gasteiger partial charge in [0.1, 0.15) is 5.60 Å². The molecule has 0 spiro atoms. The summed E-state index contributed by atoms with van der Waals surface area (Å²) in [5.41, 5.74) is -0.461. The van der Waals surface area contributed by atoms with Gasteiger partial charge in [-0.1, -0.05) is 6.08 Å². The maximum atomic E-state index is 11.7. The van der Waals surface area contributed by atoms with Crippen LogP contribution in [0.25, 0.3) is 0 Å². The Morgan fingerprint density at radius 3 is 2.38 bits per heavy atom. The third-order valence-corrected chi connectivity index (χ3v) is 3.57. The lowest BCUT2D eigenvalue weighted by atomic mass is 9.83. The molecule has 1 aliphatic rings. The molecule has 0 aliphatic heterocycles. The number of nitrogens with one attached hydrogen (secondary N) is 1. The zero-order valence-corrected chi connectivity index (χ0v) is 13.2. The van der Waals surface area contributed by atoms with Crippen molar-refractivity contribution in [2.75, 3.05) is 0 Å². The van der Waals surface area contributed by atoms with E-state index in [0.717, 1.165) is 38.5 Å². The van der Waals surface area contributed by atoms with Gasteiger partial charge in [-0.05, 0) is 65.2 Å². The van der Waals surface area contributed by atoms with E-state index >= 15 is 0 Å². The molecule has 1 rings (SSSR count). The molecule has 1 amide bonds. The van der Waals surface area contributed by atoms with Crippen molar-refractivity contribution in [2.45, 2.75) is 70.9 Å². The molecule has 2 N–H and O–H groups in total. The molecule has 0 aromatic carbocycles. The second-order valence-corrected chi connectivity index (χ2v) is 6.68. The summed E-state index contributed by atoms with van der Waals surface area (Å²) in [5, 5.41) is 11.4. The summed E-state index contributed by atoms with van der Waals surface area (Å²) in [6.07, 6.45) is 8.48. The van der Waals surface area contributed by atoms with Gasteiger partial charge in [-0.3, -0.25) is 0 Å². The second-order valence-electron chi connectivity index (χ2n) is 6.68. The van der Waals surface area contributed by atoms with E-state index in [1.807, 2.05) is 20.8 Å². The zero-order chi connectivity index (χ0) is 15.9. The molecule has 1 saturated carbocycles. The van der Waals surface area contributed by atoms with Crippen molar-refractivity contribution >= 4 is 12.1 Å². The number of carboxylic acids is 1. The van der Waals surface area contributed by atoms with Gasteiger partial charge in [-0.15, -0.1) is 0 Å². The van der Waals surface area contributed by atoms with Gasteiger partial charge in [0.15, 0.2) is 0 Å². The minimum absolute atomic E-state index is 0.200. The van der Waals surface area contributed by atoms with Crippen LogP contribution in [-0.4, -0.2) is 28.8 Å². The Morgan fingerprint density at radius 2 is 1.86 bits per heavy atom. The molecule has 1 fully saturated rings. The monoisotopic (exact) mass is 297 g/mol. The number of aliphatic carboxylic acids is 1. The van der Waals surface area contributed by atoms with Crippen LogP contribution in [0.15, 0.2) is 12.2 Å². The van der Waals surface area contributed by atoms with Gasteiger partial charge in [0.25, 0.3) is 0 Å². The van der Waals surface area contributed by atoms with Crippen LogP contribution < -0.4 is 5.32 Å². The lowest BCUT2D eigenvalue weighted by molar-refractivity contribution is -0.131. The summed E-state index contributed by atoms with van der Waals surface area (Å²) in [4.78, 5) is 22.0. The summed E-state index contributed by atoms with van der Waals surface area (Å²) < 4.78 is 5.25. The first-order chi connectivity index (χ1) is 9.76. The van der Waals surface area contributed by atoms with Gasteiger partial charge in [0, 0.05) is 12.1 Å². The van der Waals surface area contributed by atoms with Crippen LogP contribution in [0.4, 0.5) is 4.79 Å². The molecule has 0 radical (unpaired) electrons. The highest BCUT2D eigenvalue weighted by Gasteiger charge is 2.24. The second kappa shape index (κ2) is 8.05. The van der Waals surface area contributed by atoms with E-state index in [1.165, 1.54) is 6.08 Å². The molecule has 1 aliphatic carbocycles. The molecular formula is C16H27NO4. The van der Waals surface area contributed by atoms with Crippen molar-refractivity contribution in [1.29, 1.82) is 0 Å². The van der Waals surface area contributed by atoms with E-state index in [1.54, 1.807) is 6.08 Å². The highest BCUT2D eigenvalue weighted by Crippen LogP contribution is 2.28. The average molecular weight is 297 g/mol. The number of hydrogen-bond acceptors (Lipinski definition) is 3. The molecule has 0 heterocycles. The predicted molar refractivity (Wildman–Crippen MR) is 81.1 cm³/mol. The third-order valence-electron chi connectivity index (χ3n) is 3.57. The number of ether oxygens (including phenoxy) is 1. The van der Waals surface area contributed by atoms with Gasteiger partial charge < -0.3 is 15.2 Å². The Morgan fingerprint density at radius 1 is 1.24 bits per heavy atom. The van der Waals surface area contributed by atoms with Crippen LogP contribution in [0.3, 0.4) is 0 Å². The molecule has 0 saturated heterocycles. The van der Waals surface area contributed by atoms with Crippen LogP contribution in [0.2, 0.25) is 0 Å². The smallest absolute Gasteiger partial charge is 0.407 e. The first kappa shape index (κ1) is 17.5. The molecule has 0 aromatic rings. The molecule has 0 bridgehead atoms. The quantitative estimate of drug-likeness (QED) is 0.762. The number of carboxylic acid groups (broad SMARTS) is 1. The van der Waals surface area contributed by atoms with Crippen LogP contribution in [0, 0.1) is 5.92 Å². The van der Waals surface area contributed by atoms with E-state index < -0.39 is 11.6 Å². The number of hydrogen-bond donors (Lipinski definition) is 2. The fourth-order valence-electron chi connectivity index (χ4n) is 2.59. The van der Waals surface area contributed by atoms with Crippen LogP contribution in [-0.2, 0) is 9.53 Å². The standard InChI is InChI=1S/C16H27NO4/c1-16(2,3)21-15(20)17-13-10-8-12(9-11-13)6-4-5-7-14(18)19/h5,7,12-13H,4,6,8-11H2,1-3H3,(H,17,20)(H,18,19)/b7-5+. The van der Waals surface area contributed by atoms with Gasteiger partial charge >= 0.3 is 12.1 Å². The fourth-order valence-corrected chi connectivity index (χ4v) is 2.59. The molecule has 5 nitrogen and oxygen atoms in total. The Labute approximate surface area is 126 Å². The number of amides is 1. The topological polar surface area (TPSA) is 75.6 Å². The van der Waals surface area contributed by atoms with Crippen LogP contribution >= 0.6 is 0 Å². The minimum Gasteiger partial charge on any atom is -0.478 e. The van der Waals surface area contributed by atoms with E-state index in [-0.39, 0.29) is 12.1 Å². The molecule has 0 atom stereocenters. The van der Waals surface area contributed by atoms with E-state index in [9.17, 15) is 9.59 Å². The normalized spacial score (nSPS) is 23.0. The van der Waals surface area contributed by atoms with Gasteiger partial charge in [-0.2, -0.15) is 0 Å². The lowest BCUT2D eigenvalue weighted by Gasteiger charge is -2.30. The van der Waals surface area contributed by atoms with Crippen molar-refractivity contribution < 1.29 is 19.4 Å². The number of carbonyl (C=O) groups excluding carboxylic acids is 1. The highest BCUT2D eigenvalue weighted by molar-refractivity contribution is 5.79. The minimum atomic E-state index is -0.889. The summed E-state index contributed by atoms with van der Waals surface area (Å²) >= 11 is 0. The molecular weight excluding hydrogens is 270 g/mol. The first-order valence-electron chi connectivity index (χ1n) is 7.65. The lowest BCUT2D eigenvalue weighted by Crippen LogP contribution is -2.40. The third kappa shape index (κ3) is 8.38. The summed E-state index contributed by atoms with van der Waals surface area (Å²) in [5.74, 6) is -0.264. The SMILES string of the molecule is CC(C)(C)OC(=O)NC1CCC(CC/C=C/C(=O)O)CC1. The van der Waals surface area contributed by atoms with Gasteiger partial charge in [0.2, 0.25) is 0 Å². The number of rotatable bonds is 5. The highest BCUT2D eigenvalue weighted by atomic mass is 16.6. The Bertz CT molecular complexity index is 376. The maximum Gasteiger partial charge on any atom is 0.407 e. The first-order valence-corrected chi connectivity index (χ1v) is 7.65. The molecule has 0 aromatic heterocycles. The van der Waals surface area contributed by atoms with E-state index in [0.29, 0.717) is 5.92 Å². The largest absolute Gasteiger partial charge is 0.478 e. The van der Waals surface area contributed by atoms with E-state index in [4.69, 9.17) is 9.84 Å². The van der Waals surface area contributed by atoms with Crippen LogP contribution in [0.1, 0.15) is 59.3 Å². The molecule has 5 heteroatoms. The number of carbonyl (C=O) groups is 2. The summed E-state index contributed by atoms with van der Waals surface area (Å²) in [6.45, 7) is 5.57. The Kier molecular flexibility index (Phi) is 6.72. The van der Waals surface area contributed by atoms with E-state index in [2.05, 4.69) is 5.32 Å². The van der Waals surface area contributed by atoms with Crippen LogP contribution in [0.5, 0.6) is 0 Å². The summed E-state index contributed by atoms with van der Waals surface area (Å²) in [7, 11) is 0. The summed E-state index contributed by atoms with van der Waals surface area (Å²) in [6, 6.07) is 0.200. The van der Waals surface area contributed by atoms with Crippen molar-refractivity contribution in [3.63, 3.8) is 0 Å². The van der Waals surface area contributed by atoms with Crippen molar-refractivity contribution in [1.82, 2.24) is 5.32 Å². The van der Waals surface area contributed by atoms with Crippen molar-refractivity contribution in [3.05, 3.63) is 12.2 Å². The molecule has 21 heavy (non-hydrogen) atoms. The Hall–Kier alpha value is -1.52. The maximum absolute atomic E-state index is 11.7.